The van der Waals surface area contributed by atoms with Crippen LogP contribution in [0, 0.1) is 6.92 Å². The lowest BCUT2D eigenvalue weighted by Crippen LogP contribution is -2.38. The first kappa shape index (κ1) is 15.7. The van der Waals surface area contributed by atoms with Crippen LogP contribution in [0.3, 0.4) is 0 Å². The number of hydrogen-bond donors (Lipinski definition) is 1. The molecular weight excluding hydrogens is 392 g/mol. The minimum Gasteiger partial charge on any atom is -0.371 e. The number of aromatic nitrogens is 1. The molecule has 1 N–H and O–H groups in total. The van der Waals surface area contributed by atoms with Crippen LogP contribution in [0.5, 0.6) is 0 Å². The number of sulfonamides is 1. The van der Waals surface area contributed by atoms with Gasteiger partial charge in [-0.05, 0) is 25.1 Å². The van der Waals surface area contributed by atoms with Crippen molar-refractivity contribution in [1.82, 2.24) is 4.98 Å². The van der Waals surface area contributed by atoms with Gasteiger partial charge in [-0.3, -0.25) is 0 Å². The van der Waals surface area contributed by atoms with Crippen molar-refractivity contribution >= 4 is 43.4 Å². The summed E-state index contributed by atoms with van der Waals surface area (Å²) in [5, 5.41) is 10.5. The van der Waals surface area contributed by atoms with Gasteiger partial charge < -0.3 is 5.11 Å². The van der Waals surface area contributed by atoms with Crippen molar-refractivity contribution < 1.29 is 13.5 Å². The number of hydrogen-bond acceptors (Lipinski definition) is 4. The highest BCUT2D eigenvalue weighted by molar-refractivity contribution is 9.09. The second-order valence-electron chi connectivity index (χ2n) is 4.98. The van der Waals surface area contributed by atoms with Gasteiger partial charge in [-0.1, -0.05) is 51.3 Å². The Morgan fingerprint density at radius 1 is 1.23 bits per heavy atom. The molecule has 3 rings (SSSR count). The van der Waals surface area contributed by atoms with Gasteiger partial charge in [0.2, 0.25) is 0 Å². The van der Waals surface area contributed by atoms with Crippen molar-refractivity contribution in [3.63, 3.8) is 0 Å². The monoisotopic (exact) mass is 402 g/mol. The van der Waals surface area contributed by atoms with Crippen molar-refractivity contribution in [3.05, 3.63) is 52.7 Å². The van der Waals surface area contributed by atoms with Crippen LogP contribution in [-0.4, -0.2) is 24.7 Å². The van der Waals surface area contributed by atoms with Gasteiger partial charge in [0.15, 0.2) is 12.0 Å². The molecule has 1 aliphatic rings. The molecule has 0 radical (unpaired) electrons. The van der Waals surface area contributed by atoms with Crippen LogP contribution in [0.25, 0.3) is 0 Å². The molecule has 0 spiro atoms. The lowest BCUT2D eigenvalue weighted by atomic mass is 10.2. The molecule has 8 heteroatoms. The van der Waals surface area contributed by atoms with E-state index in [0.29, 0.717) is 5.56 Å². The lowest BCUT2D eigenvalue weighted by Gasteiger charge is -2.23. The van der Waals surface area contributed by atoms with Crippen molar-refractivity contribution in [2.24, 2.45) is 0 Å². The highest BCUT2D eigenvalue weighted by Crippen LogP contribution is 2.45. The van der Waals surface area contributed by atoms with Gasteiger partial charge in [-0.25, -0.2) is 17.7 Å². The molecule has 2 atom stereocenters. The molecule has 2 aromatic rings. The average molecular weight is 404 g/mol. The molecule has 1 aliphatic heterocycles. The van der Waals surface area contributed by atoms with Crippen molar-refractivity contribution in [3.8, 4) is 0 Å². The van der Waals surface area contributed by atoms with E-state index in [1.165, 1.54) is 12.1 Å². The van der Waals surface area contributed by atoms with E-state index in [0.717, 1.165) is 9.87 Å². The molecule has 0 saturated carbocycles. The summed E-state index contributed by atoms with van der Waals surface area (Å²) in [6.45, 7) is 1.87. The number of aliphatic hydroxyl groups excluding tert-OH is 1. The van der Waals surface area contributed by atoms with Crippen LogP contribution < -0.4 is 4.31 Å². The number of aryl methyl sites for hydroxylation is 1. The molecule has 116 valence electrons. The number of alkyl halides is 1. The van der Waals surface area contributed by atoms with Crippen molar-refractivity contribution in [2.45, 2.75) is 22.9 Å². The summed E-state index contributed by atoms with van der Waals surface area (Å²) < 4.78 is 26.6. The quantitative estimate of drug-likeness (QED) is 0.618. The second kappa shape index (κ2) is 5.49. The molecule has 0 saturated heterocycles. The Hall–Kier alpha value is -1.15. The van der Waals surface area contributed by atoms with Gasteiger partial charge in [-0.15, -0.1) is 0 Å². The zero-order valence-corrected chi connectivity index (χ0v) is 14.6. The topological polar surface area (TPSA) is 70.5 Å². The molecule has 0 bridgehead atoms. The molecule has 0 amide bonds. The van der Waals surface area contributed by atoms with E-state index in [9.17, 15) is 13.5 Å². The molecule has 1 aromatic heterocycles. The van der Waals surface area contributed by atoms with Crippen molar-refractivity contribution in [1.29, 1.82) is 0 Å². The maximum atomic E-state index is 12.8. The van der Waals surface area contributed by atoms with E-state index in [1.807, 2.05) is 6.92 Å². The van der Waals surface area contributed by atoms with Gasteiger partial charge in [0.1, 0.15) is 5.15 Å². The summed E-state index contributed by atoms with van der Waals surface area (Å²) in [7, 11) is -3.94. The first-order valence-corrected chi connectivity index (χ1v) is 9.15. The largest absolute Gasteiger partial charge is 0.371 e. The fourth-order valence-electron chi connectivity index (χ4n) is 2.31. The maximum Gasteiger partial charge on any atom is 0.267 e. The van der Waals surface area contributed by atoms with Gasteiger partial charge >= 0.3 is 0 Å². The third kappa shape index (κ3) is 2.42. The number of fused-ring (bicyclic) bond motifs is 1. The maximum absolute atomic E-state index is 12.8. The van der Waals surface area contributed by atoms with Crippen LogP contribution in [0.4, 0.5) is 5.82 Å². The summed E-state index contributed by atoms with van der Waals surface area (Å²) in [5.74, 6) is 0.141. The fourth-order valence-corrected chi connectivity index (χ4v) is 4.69. The predicted molar refractivity (Wildman–Crippen MR) is 87.8 cm³/mol. The number of benzene rings is 1. The molecule has 5 nitrogen and oxygen atoms in total. The molecule has 1 aromatic carbocycles. The smallest absolute Gasteiger partial charge is 0.267 e. The minimum absolute atomic E-state index is 0.0893. The zero-order valence-electron chi connectivity index (χ0n) is 11.4. The first-order valence-electron chi connectivity index (χ1n) is 6.42. The Morgan fingerprint density at radius 2 is 1.86 bits per heavy atom. The van der Waals surface area contributed by atoms with E-state index >= 15 is 0 Å². The number of nitrogens with zero attached hydrogens (tertiary/aromatic N) is 2. The summed E-state index contributed by atoms with van der Waals surface area (Å²) in [6, 6.07) is 9.62. The van der Waals surface area contributed by atoms with Crippen LogP contribution in [0.2, 0.25) is 5.15 Å². The Morgan fingerprint density at radius 3 is 2.50 bits per heavy atom. The SMILES string of the molecule is Cc1ccc(S(=O)(=O)N2c3nc(Cl)ccc3[C@H](Br)[C@H]2O)cc1. The summed E-state index contributed by atoms with van der Waals surface area (Å²) in [5.41, 5.74) is 1.52. The first-order chi connectivity index (χ1) is 10.3. The van der Waals surface area contributed by atoms with Gasteiger partial charge in [0.25, 0.3) is 10.0 Å². The van der Waals surface area contributed by atoms with Gasteiger partial charge in [0.05, 0.1) is 9.72 Å². The van der Waals surface area contributed by atoms with Crippen LogP contribution >= 0.6 is 27.5 Å². The van der Waals surface area contributed by atoms with Crippen LogP contribution in [-0.2, 0) is 10.0 Å². The van der Waals surface area contributed by atoms with Gasteiger partial charge in [-0.2, -0.15) is 0 Å². The summed E-state index contributed by atoms with van der Waals surface area (Å²) >= 11 is 9.18. The number of halogens is 2. The van der Waals surface area contributed by atoms with Gasteiger partial charge in [0, 0.05) is 5.56 Å². The molecular formula is C14H12BrClN2O3S. The second-order valence-corrected chi connectivity index (χ2v) is 8.16. The molecule has 0 unspecified atom stereocenters. The Balaban J connectivity index is 2.15. The third-order valence-electron chi connectivity index (χ3n) is 3.46. The third-order valence-corrected chi connectivity index (χ3v) is 6.41. The number of aliphatic hydroxyl groups is 1. The summed E-state index contributed by atoms with van der Waals surface area (Å²) in [6.07, 6.45) is -1.28. The highest BCUT2D eigenvalue weighted by Gasteiger charge is 2.44. The zero-order chi connectivity index (χ0) is 16.1. The van der Waals surface area contributed by atoms with Crippen molar-refractivity contribution in [2.75, 3.05) is 4.31 Å². The Bertz CT molecular complexity index is 826. The van der Waals surface area contributed by atoms with Crippen LogP contribution in [0.1, 0.15) is 16.0 Å². The number of pyridine rings is 1. The van der Waals surface area contributed by atoms with Crippen LogP contribution in [0.15, 0.2) is 41.3 Å². The van der Waals surface area contributed by atoms with E-state index in [-0.39, 0.29) is 15.9 Å². The molecule has 2 heterocycles. The minimum atomic E-state index is -3.94. The Kier molecular flexibility index (Phi) is 3.92. The highest BCUT2D eigenvalue weighted by atomic mass is 79.9. The standard InChI is InChI=1S/C14H12BrClN2O3S/c1-8-2-4-9(5-3-8)22(20,21)18-13-10(12(15)14(18)19)6-7-11(16)17-13/h2-7,12,14,19H,1H3/t12-,14+/m0/s1. The van der Waals surface area contributed by atoms with E-state index in [2.05, 4.69) is 20.9 Å². The lowest BCUT2D eigenvalue weighted by molar-refractivity contribution is 0.194. The number of anilines is 1. The average Bonchev–Trinajstić information content (AvgIpc) is 2.71. The van der Waals surface area contributed by atoms with E-state index < -0.39 is 21.1 Å². The van der Waals surface area contributed by atoms with E-state index in [1.54, 1.807) is 24.3 Å². The normalized spacial score (nSPS) is 21.0. The van der Waals surface area contributed by atoms with E-state index in [4.69, 9.17) is 11.6 Å². The number of rotatable bonds is 2. The molecule has 22 heavy (non-hydrogen) atoms. The fraction of sp³-hybridized carbons (Fsp3) is 0.214. The Labute approximate surface area is 141 Å². The molecule has 0 aliphatic carbocycles. The molecule has 0 fully saturated rings. The predicted octanol–water partition coefficient (Wildman–Crippen LogP) is 3.01. The summed E-state index contributed by atoms with van der Waals surface area (Å²) in [4.78, 5) is 3.59.